The quantitative estimate of drug-likeness (QED) is 0.417. The van der Waals surface area contributed by atoms with E-state index in [2.05, 4.69) is 6.58 Å². The predicted molar refractivity (Wildman–Crippen MR) is 43.5 cm³/mol. The highest BCUT2D eigenvalue weighted by atomic mass is 16.5. The van der Waals surface area contributed by atoms with Crippen molar-refractivity contribution >= 4 is 0 Å². The van der Waals surface area contributed by atoms with Crippen LogP contribution in [0.5, 0.6) is 0 Å². The number of ether oxygens (including phenoxy) is 2. The fourth-order valence-corrected chi connectivity index (χ4v) is 0.596. The Morgan fingerprint density at radius 2 is 1.91 bits per heavy atom. The molecule has 0 aromatic rings. The molecule has 3 nitrogen and oxygen atoms in total. The normalized spacial score (nSPS) is 9.91. The minimum Gasteiger partial charge on any atom is -0.394 e. The number of hydrogen-bond acceptors (Lipinski definition) is 3. The molecule has 0 aromatic carbocycles. The van der Waals surface area contributed by atoms with Crippen LogP contribution in [0.3, 0.4) is 0 Å². The molecule has 0 rings (SSSR count). The molecule has 0 bridgehead atoms. The second kappa shape index (κ2) is 9.62. The van der Waals surface area contributed by atoms with E-state index in [1.165, 1.54) is 0 Å². The maximum atomic E-state index is 8.34. The SMILES string of the molecule is C=CCOCCCOCCO. The molecule has 0 unspecified atom stereocenters. The Balaban J connectivity index is 2.74. The minimum atomic E-state index is 0.0908. The van der Waals surface area contributed by atoms with Crippen molar-refractivity contribution in [2.24, 2.45) is 0 Å². The van der Waals surface area contributed by atoms with Gasteiger partial charge in [0.05, 0.1) is 19.8 Å². The zero-order chi connectivity index (χ0) is 8.36. The van der Waals surface area contributed by atoms with Crippen LogP contribution in [0.15, 0.2) is 12.7 Å². The first kappa shape index (κ1) is 10.6. The summed E-state index contributed by atoms with van der Waals surface area (Å²) in [6.45, 7) is 5.97. The lowest BCUT2D eigenvalue weighted by atomic mass is 10.5. The van der Waals surface area contributed by atoms with Gasteiger partial charge in [0.15, 0.2) is 0 Å². The Bertz CT molecular complexity index is 83.4. The van der Waals surface area contributed by atoms with Crippen LogP contribution in [0.2, 0.25) is 0 Å². The number of aliphatic hydroxyl groups is 1. The van der Waals surface area contributed by atoms with Crippen molar-refractivity contribution in [1.82, 2.24) is 0 Å². The third kappa shape index (κ3) is 9.62. The van der Waals surface area contributed by atoms with Gasteiger partial charge in [-0.15, -0.1) is 6.58 Å². The molecule has 0 fully saturated rings. The molecule has 0 atom stereocenters. The van der Waals surface area contributed by atoms with Gasteiger partial charge >= 0.3 is 0 Å². The van der Waals surface area contributed by atoms with E-state index in [0.29, 0.717) is 26.4 Å². The Morgan fingerprint density at radius 3 is 2.55 bits per heavy atom. The van der Waals surface area contributed by atoms with Crippen LogP contribution in [-0.4, -0.2) is 38.1 Å². The molecule has 0 aliphatic heterocycles. The Kier molecular flexibility index (Phi) is 9.29. The summed E-state index contributed by atoms with van der Waals surface area (Å²) in [5, 5.41) is 8.34. The average Bonchev–Trinajstić information content (AvgIpc) is 2.03. The van der Waals surface area contributed by atoms with Gasteiger partial charge in [0.2, 0.25) is 0 Å². The lowest BCUT2D eigenvalue weighted by Crippen LogP contribution is -2.04. The first-order valence-corrected chi connectivity index (χ1v) is 3.79. The first-order chi connectivity index (χ1) is 5.41. The van der Waals surface area contributed by atoms with Crippen molar-refractivity contribution in [2.45, 2.75) is 6.42 Å². The molecule has 0 aromatic heterocycles. The molecule has 0 spiro atoms. The second-order valence-electron chi connectivity index (χ2n) is 2.05. The highest BCUT2D eigenvalue weighted by Gasteiger charge is 1.87. The number of rotatable bonds is 8. The first-order valence-electron chi connectivity index (χ1n) is 3.79. The predicted octanol–water partition coefficient (Wildman–Crippen LogP) is 0.588. The van der Waals surface area contributed by atoms with Crippen molar-refractivity contribution < 1.29 is 14.6 Å². The molecule has 0 radical (unpaired) electrons. The van der Waals surface area contributed by atoms with Gasteiger partial charge in [-0.2, -0.15) is 0 Å². The van der Waals surface area contributed by atoms with Gasteiger partial charge in [0, 0.05) is 13.2 Å². The smallest absolute Gasteiger partial charge is 0.0697 e. The Morgan fingerprint density at radius 1 is 1.18 bits per heavy atom. The third-order valence-electron chi connectivity index (χ3n) is 1.05. The van der Waals surface area contributed by atoms with Crippen LogP contribution in [0.4, 0.5) is 0 Å². The van der Waals surface area contributed by atoms with E-state index in [1.54, 1.807) is 6.08 Å². The summed E-state index contributed by atoms with van der Waals surface area (Å²) in [7, 11) is 0. The molecule has 0 saturated heterocycles. The van der Waals surface area contributed by atoms with Crippen molar-refractivity contribution in [2.75, 3.05) is 33.0 Å². The largest absolute Gasteiger partial charge is 0.394 e. The summed E-state index contributed by atoms with van der Waals surface area (Å²) in [5.74, 6) is 0. The highest BCUT2D eigenvalue weighted by Crippen LogP contribution is 1.84. The van der Waals surface area contributed by atoms with E-state index >= 15 is 0 Å². The zero-order valence-electron chi connectivity index (χ0n) is 6.79. The Labute approximate surface area is 67.6 Å². The lowest BCUT2D eigenvalue weighted by molar-refractivity contribution is 0.0697. The molecule has 0 saturated carbocycles. The van der Waals surface area contributed by atoms with Gasteiger partial charge in [-0.1, -0.05) is 6.08 Å². The summed E-state index contributed by atoms with van der Waals surface area (Å²) in [6.07, 6.45) is 2.59. The maximum Gasteiger partial charge on any atom is 0.0697 e. The fraction of sp³-hybridized carbons (Fsp3) is 0.750. The second-order valence-corrected chi connectivity index (χ2v) is 2.05. The standard InChI is InChI=1S/C8H16O3/c1-2-5-10-6-3-7-11-8-4-9/h2,9H,1,3-8H2. The topological polar surface area (TPSA) is 38.7 Å². The summed E-state index contributed by atoms with van der Waals surface area (Å²) in [4.78, 5) is 0. The maximum absolute atomic E-state index is 8.34. The molecule has 66 valence electrons. The van der Waals surface area contributed by atoms with Crippen LogP contribution >= 0.6 is 0 Å². The van der Waals surface area contributed by atoms with Crippen LogP contribution in [0.1, 0.15) is 6.42 Å². The van der Waals surface area contributed by atoms with Gasteiger partial charge in [0.25, 0.3) is 0 Å². The summed E-state index contributed by atoms with van der Waals surface area (Å²) in [5.41, 5.74) is 0. The lowest BCUT2D eigenvalue weighted by Gasteiger charge is -2.01. The van der Waals surface area contributed by atoms with Crippen LogP contribution in [0.25, 0.3) is 0 Å². The van der Waals surface area contributed by atoms with E-state index in [0.717, 1.165) is 6.42 Å². The van der Waals surface area contributed by atoms with E-state index < -0.39 is 0 Å². The van der Waals surface area contributed by atoms with Crippen molar-refractivity contribution in [3.63, 3.8) is 0 Å². The number of aliphatic hydroxyl groups excluding tert-OH is 1. The van der Waals surface area contributed by atoms with Gasteiger partial charge in [-0.3, -0.25) is 0 Å². The van der Waals surface area contributed by atoms with Crippen LogP contribution < -0.4 is 0 Å². The highest BCUT2D eigenvalue weighted by molar-refractivity contribution is 4.63. The molecule has 0 aliphatic carbocycles. The van der Waals surface area contributed by atoms with Crippen molar-refractivity contribution in [1.29, 1.82) is 0 Å². The summed E-state index contributed by atoms with van der Waals surface area (Å²) in [6, 6.07) is 0. The number of hydrogen-bond donors (Lipinski definition) is 1. The molecule has 1 N–H and O–H groups in total. The fourth-order valence-electron chi connectivity index (χ4n) is 0.596. The van der Waals surface area contributed by atoms with Gasteiger partial charge in [0.1, 0.15) is 0 Å². The molecule has 0 heterocycles. The molecule has 0 amide bonds. The van der Waals surface area contributed by atoms with Crippen molar-refractivity contribution in [3.8, 4) is 0 Å². The molecule has 11 heavy (non-hydrogen) atoms. The monoisotopic (exact) mass is 160 g/mol. The zero-order valence-corrected chi connectivity index (χ0v) is 6.79. The van der Waals surface area contributed by atoms with E-state index in [1.807, 2.05) is 0 Å². The van der Waals surface area contributed by atoms with Gasteiger partial charge in [-0.05, 0) is 6.42 Å². The van der Waals surface area contributed by atoms with Crippen LogP contribution in [0, 0.1) is 0 Å². The Hall–Kier alpha value is -0.380. The summed E-state index contributed by atoms with van der Waals surface area (Å²) < 4.78 is 10.1. The van der Waals surface area contributed by atoms with Gasteiger partial charge in [-0.25, -0.2) is 0 Å². The molecule has 0 aliphatic rings. The van der Waals surface area contributed by atoms with Gasteiger partial charge < -0.3 is 14.6 Å². The molecular weight excluding hydrogens is 144 g/mol. The minimum absolute atomic E-state index is 0.0908. The molecule has 3 heteroatoms. The van der Waals surface area contributed by atoms with E-state index in [-0.39, 0.29) is 6.61 Å². The van der Waals surface area contributed by atoms with E-state index in [9.17, 15) is 0 Å². The average molecular weight is 160 g/mol. The van der Waals surface area contributed by atoms with Crippen LogP contribution in [-0.2, 0) is 9.47 Å². The molecular formula is C8H16O3. The van der Waals surface area contributed by atoms with Crippen molar-refractivity contribution in [3.05, 3.63) is 12.7 Å². The van der Waals surface area contributed by atoms with E-state index in [4.69, 9.17) is 14.6 Å². The summed E-state index contributed by atoms with van der Waals surface area (Å²) >= 11 is 0. The third-order valence-corrected chi connectivity index (χ3v) is 1.05.